The third kappa shape index (κ3) is 65.4. The van der Waals surface area contributed by atoms with E-state index in [0.29, 0.717) is 38.6 Å². The van der Waals surface area contributed by atoms with Crippen molar-refractivity contribution in [1.82, 2.24) is 0 Å². The number of esters is 2. The topological polar surface area (TPSA) is 173 Å². The van der Waals surface area contributed by atoms with E-state index in [-0.39, 0.29) is 21.1 Å². The van der Waals surface area contributed by atoms with Crippen molar-refractivity contribution in [3.8, 4) is 0 Å². The van der Waals surface area contributed by atoms with Crippen LogP contribution in [-0.4, -0.2) is 81.7 Å². The van der Waals surface area contributed by atoms with Gasteiger partial charge in [-0.05, 0) is 37.8 Å². The molecule has 10 nitrogen and oxygen atoms in total. The summed E-state index contributed by atoms with van der Waals surface area (Å²) >= 11 is 0.0736. The first kappa shape index (κ1) is 61.4. The fourth-order valence-electron chi connectivity index (χ4n) is 6.16. The number of carboxylic acid groups (broad SMARTS) is 2. The first-order chi connectivity index (χ1) is 28.7. The largest absolute Gasteiger partial charge is 0.545 e. The number of carboxylic acids is 2. The number of hydrogen-bond acceptors (Lipinski definition) is 10. The molecule has 0 aliphatic carbocycles. The first-order valence-corrected chi connectivity index (χ1v) is 27.8. The van der Waals surface area contributed by atoms with Crippen LogP contribution in [0.25, 0.3) is 0 Å². The molecule has 0 saturated carbocycles. The summed E-state index contributed by atoms with van der Waals surface area (Å²) in [5, 5.41) is 37.4. The molecule has 0 aromatic heterocycles. The average Bonchev–Trinajstić information content (AvgIpc) is 3.22. The van der Waals surface area contributed by atoms with Crippen molar-refractivity contribution in [2.24, 2.45) is 0 Å². The van der Waals surface area contributed by atoms with E-state index in [1.54, 1.807) is 21.7 Å². The smallest absolute Gasteiger partial charge is 0.330 e. The van der Waals surface area contributed by atoms with Crippen LogP contribution in [0.4, 0.5) is 0 Å². The molecule has 0 rings (SSSR count). The van der Waals surface area contributed by atoms with E-state index < -0.39 is 23.9 Å². The Balaban J connectivity index is -0.000000803. The summed E-state index contributed by atoms with van der Waals surface area (Å²) in [7, 11) is 0. The van der Waals surface area contributed by atoms with Gasteiger partial charge < -0.3 is 39.5 Å². The zero-order valence-corrected chi connectivity index (χ0v) is 40.7. The second-order valence-electron chi connectivity index (χ2n) is 15.4. The van der Waals surface area contributed by atoms with Gasteiger partial charge in [0, 0.05) is 25.4 Å². The minimum Gasteiger partial charge on any atom is -0.545 e. The first-order valence-electron chi connectivity index (χ1n) is 23.8. The quantitative estimate of drug-likeness (QED) is 0.0260. The number of rotatable bonds is 42. The van der Waals surface area contributed by atoms with Gasteiger partial charge in [-0.3, -0.25) is 0 Å². The van der Waals surface area contributed by atoms with E-state index in [4.69, 9.17) is 19.7 Å². The van der Waals surface area contributed by atoms with Crippen molar-refractivity contribution >= 4 is 45.0 Å². The second-order valence-corrected chi connectivity index (χ2v) is 19.7. The van der Waals surface area contributed by atoms with Gasteiger partial charge in [-0.15, -0.1) is 0 Å². The van der Waals surface area contributed by atoms with Crippen molar-refractivity contribution < 1.29 is 49.1 Å². The Morgan fingerprint density at radius 3 is 0.915 bits per heavy atom. The van der Waals surface area contributed by atoms with Crippen LogP contribution in [0.1, 0.15) is 219 Å². The molecule has 0 heterocycles. The zero-order chi connectivity index (χ0) is 44.1. The predicted molar refractivity (Wildman–Crippen MR) is 239 cm³/mol. The van der Waals surface area contributed by atoms with E-state index in [9.17, 15) is 29.4 Å². The molecule has 0 fully saturated rings. The van der Waals surface area contributed by atoms with Crippen LogP contribution in [0.3, 0.4) is 0 Å². The molecular weight excluding hydrogens is 855 g/mol. The van der Waals surface area contributed by atoms with Gasteiger partial charge in [0.15, 0.2) is 0 Å². The van der Waals surface area contributed by atoms with Crippen LogP contribution >= 0.6 is 0 Å². The van der Waals surface area contributed by atoms with Gasteiger partial charge in [-0.2, -0.15) is 0 Å². The molecule has 11 heteroatoms. The van der Waals surface area contributed by atoms with E-state index in [0.717, 1.165) is 76.4 Å². The standard InChI is InChI=1S/2C16H28O5.2C8H17.Sn/c2*17-13-9-7-5-3-1-2-4-6-8-10-14-21-16(20)12-11-15(18)19;2*1-3-5-7-8-6-4-2;/h2*11-12,17H,1-10,13-14H2,(H,18,19);2*1,3-8H2,2H3;/q;;;;+2/p-2/b2*12-11-;;;. The maximum absolute atomic E-state index is 11.0. The van der Waals surface area contributed by atoms with Gasteiger partial charge in [0.05, 0.1) is 25.2 Å². The summed E-state index contributed by atoms with van der Waals surface area (Å²) < 4.78 is 13.0. The van der Waals surface area contributed by atoms with E-state index in [1.807, 2.05) is 0 Å². The summed E-state index contributed by atoms with van der Waals surface area (Å²) in [5.41, 5.74) is 0. The van der Waals surface area contributed by atoms with Crippen molar-refractivity contribution in [1.29, 1.82) is 0 Å². The van der Waals surface area contributed by atoms with Crippen LogP contribution in [0.2, 0.25) is 8.87 Å². The van der Waals surface area contributed by atoms with Crippen molar-refractivity contribution in [3.63, 3.8) is 0 Å². The van der Waals surface area contributed by atoms with Gasteiger partial charge in [-0.1, -0.05) is 103 Å². The molecule has 0 spiro atoms. The number of unbranched alkanes of at least 4 members (excludes halogenated alkanes) is 28. The van der Waals surface area contributed by atoms with Crippen LogP contribution in [-0.2, 0) is 28.7 Å². The fraction of sp³-hybridized carbons (Fsp3) is 0.833. The van der Waals surface area contributed by atoms with Gasteiger partial charge in [-0.25, -0.2) is 9.59 Å². The normalized spacial score (nSPS) is 10.8. The van der Waals surface area contributed by atoms with E-state index >= 15 is 0 Å². The molecule has 0 bridgehead atoms. The molecule has 0 radical (unpaired) electrons. The Bertz CT molecular complexity index is 882. The minimum atomic E-state index is -1.40. The SMILES string of the molecule is CCCCCCC[CH2][Sn+2][CH2]CCCCCCC.O=C([O-])/C=C\C(=O)OCCCCCCCCCCCCO.O=C([O-])/C=C\C(=O)OCCCCCCCCCCCCO. The van der Waals surface area contributed by atoms with Gasteiger partial charge in [0.1, 0.15) is 0 Å². The molecule has 0 aliphatic heterocycles. The third-order valence-electron chi connectivity index (χ3n) is 9.72. The number of aliphatic carboxylic acids is 2. The monoisotopic (exact) mass is 945 g/mol. The van der Waals surface area contributed by atoms with Crippen LogP contribution in [0.5, 0.6) is 0 Å². The summed E-state index contributed by atoms with van der Waals surface area (Å²) in [6.45, 7) is 5.86. The number of ether oxygens (including phenoxy) is 2. The van der Waals surface area contributed by atoms with E-state index in [1.165, 1.54) is 128 Å². The minimum absolute atomic E-state index is 0.0736. The van der Waals surface area contributed by atoms with Crippen molar-refractivity contribution in [2.45, 2.75) is 228 Å². The molecule has 0 aliphatic rings. The number of aliphatic hydroxyl groups is 2. The molecule has 0 aromatic carbocycles. The second kappa shape index (κ2) is 56.1. The molecule has 0 atom stereocenters. The summed E-state index contributed by atoms with van der Waals surface area (Å²) in [5.74, 6) is -4.07. The van der Waals surface area contributed by atoms with Crippen LogP contribution in [0, 0.1) is 0 Å². The number of carbonyl (C=O) groups is 4. The fourth-order valence-corrected chi connectivity index (χ4v) is 9.72. The van der Waals surface area contributed by atoms with Crippen LogP contribution in [0.15, 0.2) is 24.3 Å². The molecule has 0 aromatic rings. The summed E-state index contributed by atoms with van der Waals surface area (Å²) in [6.07, 6.45) is 43.1. The Hall–Kier alpha value is -1.92. The predicted octanol–water partition coefficient (Wildman–Crippen LogP) is 9.71. The van der Waals surface area contributed by atoms with Gasteiger partial charge in [0.2, 0.25) is 0 Å². The Kier molecular flexibility index (Phi) is 58.3. The molecule has 2 N–H and O–H groups in total. The maximum atomic E-state index is 11.0. The number of hydrogen-bond donors (Lipinski definition) is 2. The Labute approximate surface area is 371 Å². The van der Waals surface area contributed by atoms with Crippen molar-refractivity contribution in [2.75, 3.05) is 26.4 Å². The number of aliphatic hydroxyl groups excluding tert-OH is 2. The average molecular weight is 944 g/mol. The number of carbonyl (C=O) groups excluding carboxylic acids is 4. The third-order valence-corrected chi connectivity index (χ3v) is 13.8. The van der Waals surface area contributed by atoms with Crippen LogP contribution < -0.4 is 10.2 Å². The molecular formula is C48H88O10Sn. The Morgan fingerprint density at radius 2 is 0.644 bits per heavy atom. The molecule has 0 saturated heterocycles. The summed E-state index contributed by atoms with van der Waals surface area (Å²) in [4.78, 5) is 42.2. The zero-order valence-electron chi connectivity index (χ0n) is 37.8. The molecule has 344 valence electrons. The summed E-state index contributed by atoms with van der Waals surface area (Å²) in [6, 6.07) is 0. The molecule has 0 amide bonds. The molecule has 59 heavy (non-hydrogen) atoms. The van der Waals surface area contributed by atoms with Crippen molar-refractivity contribution in [3.05, 3.63) is 24.3 Å². The van der Waals surface area contributed by atoms with Gasteiger partial charge >= 0.3 is 133 Å². The van der Waals surface area contributed by atoms with Gasteiger partial charge in [0.25, 0.3) is 0 Å². The Morgan fingerprint density at radius 1 is 0.390 bits per heavy atom. The maximum Gasteiger partial charge on any atom is 0.330 e. The van der Waals surface area contributed by atoms with E-state index in [2.05, 4.69) is 13.8 Å². The molecule has 0 unspecified atom stereocenters.